The Morgan fingerprint density at radius 2 is 2.53 bits per heavy atom. The van der Waals surface area contributed by atoms with Gasteiger partial charge in [0.25, 0.3) is 0 Å². The molecule has 1 rings (SSSR count). The van der Waals surface area contributed by atoms with Crippen LogP contribution in [0.1, 0.15) is 18.9 Å². The average molecular weight is 205 g/mol. The van der Waals surface area contributed by atoms with Gasteiger partial charge in [0, 0.05) is 18.4 Å². The minimum Gasteiger partial charge on any atom is -0.481 e. The van der Waals surface area contributed by atoms with Crippen molar-refractivity contribution in [1.82, 2.24) is 4.98 Å². The normalized spacial score (nSPS) is 11.5. The highest BCUT2D eigenvalue weighted by Gasteiger charge is 2.09. The van der Waals surface area contributed by atoms with Gasteiger partial charge in [-0.2, -0.15) is 5.26 Å². The molecule has 2 N–H and O–H groups in total. The number of hydrogen-bond acceptors (Lipinski definition) is 4. The summed E-state index contributed by atoms with van der Waals surface area (Å²) in [6.07, 6.45) is 3.00. The molecular formula is C10H11N3O2. The molecule has 1 aromatic rings. The van der Waals surface area contributed by atoms with Crippen LogP contribution in [0.2, 0.25) is 0 Å². The number of nitriles is 1. The Balaban J connectivity index is 2.72. The highest BCUT2D eigenvalue weighted by atomic mass is 16.4. The summed E-state index contributed by atoms with van der Waals surface area (Å²) in [5, 5.41) is 20.3. The first-order valence-corrected chi connectivity index (χ1v) is 4.46. The van der Waals surface area contributed by atoms with E-state index in [1.807, 2.05) is 6.07 Å². The lowest BCUT2D eigenvalue weighted by Gasteiger charge is -2.13. The number of rotatable bonds is 4. The number of aromatic nitrogens is 1. The van der Waals surface area contributed by atoms with Gasteiger partial charge in [-0.15, -0.1) is 0 Å². The van der Waals surface area contributed by atoms with Crippen molar-refractivity contribution >= 4 is 11.7 Å². The van der Waals surface area contributed by atoms with Crippen LogP contribution in [-0.4, -0.2) is 22.1 Å². The van der Waals surface area contributed by atoms with Gasteiger partial charge in [0.05, 0.1) is 17.7 Å². The van der Waals surface area contributed by atoms with Crippen molar-refractivity contribution in [1.29, 1.82) is 5.26 Å². The molecule has 0 radical (unpaired) electrons. The minimum atomic E-state index is -0.873. The molecule has 1 heterocycles. The predicted molar refractivity (Wildman–Crippen MR) is 54.3 cm³/mol. The monoisotopic (exact) mass is 205 g/mol. The predicted octanol–water partition coefficient (Wildman–Crippen LogP) is 1.23. The zero-order chi connectivity index (χ0) is 11.3. The summed E-state index contributed by atoms with van der Waals surface area (Å²) < 4.78 is 0. The smallest absolute Gasteiger partial charge is 0.305 e. The molecule has 78 valence electrons. The Morgan fingerprint density at radius 3 is 3.13 bits per heavy atom. The summed E-state index contributed by atoms with van der Waals surface area (Å²) in [4.78, 5) is 14.2. The van der Waals surface area contributed by atoms with Gasteiger partial charge >= 0.3 is 5.97 Å². The lowest BCUT2D eigenvalue weighted by atomic mass is 10.2. The minimum absolute atomic E-state index is 0.00713. The van der Waals surface area contributed by atoms with Gasteiger partial charge in [0.2, 0.25) is 0 Å². The van der Waals surface area contributed by atoms with Gasteiger partial charge in [0.1, 0.15) is 6.07 Å². The molecule has 1 atom stereocenters. The topological polar surface area (TPSA) is 86.0 Å². The molecule has 0 aromatic carbocycles. The number of aliphatic carboxylic acids is 1. The molecule has 0 spiro atoms. The molecule has 5 heteroatoms. The third-order valence-corrected chi connectivity index (χ3v) is 1.82. The first-order chi connectivity index (χ1) is 7.13. The van der Waals surface area contributed by atoms with Crippen molar-refractivity contribution in [3.05, 3.63) is 24.0 Å². The van der Waals surface area contributed by atoms with Gasteiger partial charge in [-0.25, -0.2) is 0 Å². The van der Waals surface area contributed by atoms with Gasteiger partial charge in [0.15, 0.2) is 0 Å². The lowest BCUT2D eigenvalue weighted by molar-refractivity contribution is -0.137. The van der Waals surface area contributed by atoms with Crippen LogP contribution >= 0.6 is 0 Å². The van der Waals surface area contributed by atoms with Crippen molar-refractivity contribution in [2.45, 2.75) is 19.4 Å². The second-order valence-corrected chi connectivity index (χ2v) is 3.18. The van der Waals surface area contributed by atoms with E-state index < -0.39 is 5.97 Å². The maximum atomic E-state index is 10.4. The van der Waals surface area contributed by atoms with Gasteiger partial charge < -0.3 is 10.4 Å². The molecule has 5 nitrogen and oxygen atoms in total. The van der Waals surface area contributed by atoms with E-state index in [0.29, 0.717) is 11.3 Å². The van der Waals surface area contributed by atoms with Gasteiger partial charge in [-0.05, 0) is 13.0 Å². The van der Waals surface area contributed by atoms with E-state index in [2.05, 4.69) is 10.3 Å². The van der Waals surface area contributed by atoms with E-state index >= 15 is 0 Å². The number of nitrogens with one attached hydrogen (secondary N) is 1. The third-order valence-electron chi connectivity index (χ3n) is 1.82. The van der Waals surface area contributed by atoms with Crippen molar-refractivity contribution in [3.8, 4) is 6.07 Å². The van der Waals surface area contributed by atoms with Crippen LogP contribution in [0.3, 0.4) is 0 Å². The number of anilines is 1. The zero-order valence-corrected chi connectivity index (χ0v) is 8.27. The molecular weight excluding hydrogens is 194 g/mol. The molecule has 0 aliphatic heterocycles. The molecule has 0 saturated carbocycles. The Labute approximate surface area is 87.4 Å². The molecule has 0 fully saturated rings. The van der Waals surface area contributed by atoms with Crippen molar-refractivity contribution in [2.75, 3.05) is 5.32 Å². The van der Waals surface area contributed by atoms with Crippen LogP contribution in [-0.2, 0) is 4.79 Å². The first-order valence-electron chi connectivity index (χ1n) is 4.46. The standard InChI is InChI=1S/C10H11N3O2/c1-7(4-10(14)15)13-9-2-3-12-6-8(9)5-11/h2-3,6-7H,4H2,1H3,(H,12,13)(H,14,15). The second kappa shape index (κ2) is 4.96. The number of carboxylic acids is 1. The molecule has 15 heavy (non-hydrogen) atoms. The zero-order valence-electron chi connectivity index (χ0n) is 8.27. The number of pyridine rings is 1. The Bertz CT molecular complexity index is 398. The molecule has 1 aromatic heterocycles. The largest absolute Gasteiger partial charge is 0.481 e. The Morgan fingerprint density at radius 1 is 1.80 bits per heavy atom. The van der Waals surface area contributed by atoms with E-state index in [-0.39, 0.29) is 12.5 Å². The van der Waals surface area contributed by atoms with Crippen molar-refractivity contribution in [3.63, 3.8) is 0 Å². The second-order valence-electron chi connectivity index (χ2n) is 3.18. The summed E-state index contributed by atoms with van der Waals surface area (Å²) in [5.74, 6) is -0.873. The third kappa shape index (κ3) is 3.27. The summed E-state index contributed by atoms with van der Waals surface area (Å²) in [6.45, 7) is 1.75. The molecule has 0 aliphatic rings. The van der Waals surface area contributed by atoms with Gasteiger partial charge in [-0.1, -0.05) is 0 Å². The summed E-state index contributed by atoms with van der Waals surface area (Å²) in [7, 11) is 0. The maximum Gasteiger partial charge on any atom is 0.305 e. The number of hydrogen-bond donors (Lipinski definition) is 2. The SMILES string of the molecule is CC(CC(=O)O)Nc1ccncc1C#N. The fourth-order valence-corrected chi connectivity index (χ4v) is 1.19. The van der Waals surface area contributed by atoms with Crippen LogP contribution in [0.4, 0.5) is 5.69 Å². The first kappa shape index (κ1) is 11.0. The van der Waals surface area contributed by atoms with Crippen LogP contribution in [0.5, 0.6) is 0 Å². The van der Waals surface area contributed by atoms with Crippen molar-refractivity contribution in [2.24, 2.45) is 0 Å². The fourth-order valence-electron chi connectivity index (χ4n) is 1.19. The molecule has 1 unspecified atom stereocenters. The van der Waals surface area contributed by atoms with Crippen LogP contribution in [0.25, 0.3) is 0 Å². The molecule has 0 saturated heterocycles. The van der Waals surface area contributed by atoms with Crippen LogP contribution in [0, 0.1) is 11.3 Å². The Hall–Kier alpha value is -2.09. The quantitative estimate of drug-likeness (QED) is 0.772. The summed E-state index contributed by atoms with van der Waals surface area (Å²) in [6, 6.07) is 3.41. The fraction of sp³-hybridized carbons (Fsp3) is 0.300. The van der Waals surface area contributed by atoms with E-state index in [0.717, 1.165) is 0 Å². The molecule has 0 bridgehead atoms. The average Bonchev–Trinajstić information content (AvgIpc) is 2.17. The number of nitrogens with zero attached hydrogens (tertiary/aromatic N) is 2. The summed E-state index contributed by atoms with van der Waals surface area (Å²) in [5.41, 5.74) is 1.02. The van der Waals surface area contributed by atoms with Crippen molar-refractivity contribution < 1.29 is 9.90 Å². The van der Waals surface area contributed by atoms with E-state index in [4.69, 9.17) is 10.4 Å². The Kier molecular flexibility index (Phi) is 3.63. The summed E-state index contributed by atoms with van der Waals surface area (Å²) >= 11 is 0. The van der Waals surface area contributed by atoms with E-state index in [9.17, 15) is 4.79 Å². The number of carboxylic acid groups (broad SMARTS) is 1. The van der Waals surface area contributed by atoms with E-state index in [1.54, 1.807) is 19.2 Å². The molecule has 0 amide bonds. The van der Waals surface area contributed by atoms with Crippen LogP contribution in [0.15, 0.2) is 18.5 Å². The van der Waals surface area contributed by atoms with Crippen LogP contribution < -0.4 is 5.32 Å². The highest BCUT2D eigenvalue weighted by Crippen LogP contribution is 2.13. The highest BCUT2D eigenvalue weighted by molar-refractivity contribution is 5.68. The lowest BCUT2D eigenvalue weighted by Crippen LogP contribution is -2.19. The number of carbonyl (C=O) groups is 1. The molecule has 0 aliphatic carbocycles. The van der Waals surface area contributed by atoms with Gasteiger partial charge in [-0.3, -0.25) is 9.78 Å². The maximum absolute atomic E-state index is 10.4. The van der Waals surface area contributed by atoms with E-state index in [1.165, 1.54) is 6.20 Å².